The Labute approximate surface area is 174 Å². The number of amides is 5. The maximum absolute atomic E-state index is 12.8. The molecule has 3 aliphatic rings. The van der Waals surface area contributed by atoms with Gasteiger partial charge in [-0.2, -0.15) is 5.01 Å². The van der Waals surface area contributed by atoms with Crippen LogP contribution in [0.4, 0.5) is 10.5 Å². The number of benzene rings is 1. The molecule has 0 bridgehead atoms. The van der Waals surface area contributed by atoms with Gasteiger partial charge in [-0.25, -0.2) is 4.79 Å². The van der Waals surface area contributed by atoms with Crippen LogP contribution in [0.5, 0.6) is 5.75 Å². The van der Waals surface area contributed by atoms with Crippen molar-refractivity contribution in [2.45, 2.75) is 51.0 Å². The van der Waals surface area contributed by atoms with Crippen molar-refractivity contribution in [3.8, 4) is 5.75 Å². The third-order valence-corrected chi connectivity index (χ3v) is 6.05. The van der Waals surface area contributed by atoms with Crippen molar-refractivity contribution in [3.05, 3.63) is 24.3 Å². The van der Waals surface area contributed by atoms with Crippen molar-refractivity contribution in [3.63, 3.8) is 0 Å². The van der Waals surface area contributed by atoms with E-state index in [9.17, 15) is 19.2 Å². The van der Waals surface area contributed by atoms with Crippen molar-refractivity contribution >= 4 is 29.4 Å². The van der Waals surface area contributed by atoms with Gasteiger partial charge in [0.25, 0.3) is 5.91 Å². The fourth-order valence-corrected chi connectivity index (χ4v) is 4.44. The number of carbonyl (C=O) groups is 4. The molecule has 30 heavy (non-hydrogen) atoms. The first-order chi connectivity index (χ1) is 14.4. The fraction of sp³-hybridized carbons (Fsp3) is 0.524. The van der Waals surface area contributed by atoms with E-state index in [1.807, 2.05) is 6.92 Å². The molecular weight excluding hydrogens is 388 g/mol. The highest BCUT2D eigenvalue weighted by atomic mass is 16.5. The molecule has 9 heteroatoms. The normalized spacial score (nSPS) is 23.1. The summed E-state index contributed by atoms with van der Waals surface area (Å²) in [5.74, 6) is -1.04. The number of hydrogen-bond donors (Lipinski definition) is 2. The summed E-state index contributed by atoms with van der Waals surface area (Å²) >= 11 is 0. The van der Waals surface area contributed by atoms with Crippen LogP contribution in [0.3, 0.4) is 0 Å². The van der Waals surface area contributed by atoms with Crippen LogP contribution in [0, 0.1) is 5.92 Å². The predicted molar refractivity (Wildman–Crippen MR) is 107 cm³/mol. The summed E-state index contributed by atoms with van der Waals surface area (Å²) in [6, 6.07) is 6.48. The number of nitrogens with one attached hydrogen (secondary N) is 2. The van der Waals surface area contributed by atoms with Crippen LogP contribution in [-0.2, 0) is 14.4 Å². The van der Waals surface area contributed by atoms with Gasteiger partial charge in [0.1, 0.15) is 11.3 Å². The van der Waals surface area contributed by atoms with Crippen molar-refractivity contribution < 1.29 is 23.9 Å². The lowest BCUT2D eigenvalue weighted by Gasteiger charge is -2.30. The maximum atomic E-state index is 12.8. The summed E-state index contributed by atoms with van der Waals surface area (Å²) < 4.78 is 5.41. The van der Waals surface area contributed by atoms with Crippen LogP contribution in [0.15, 0.2) is 24.3 Å². The van der Waals surface area contributed by atoms with Gasteiger partial charge in [0, 0.05) is 18.7 Å². The Kier molecular flexibility index (Phi) is 5.36. The lowest BCUT2D eigenvalue weighted by atomic mass is 9.82. The van der Waals surface area contributed by atoms with Gasteiger partial charge in [0.2, 0.25) is 11.8 Å². The van der Waals surface area contributed by atoms with Gasteiger partial charge in [0.15, 0.2) is 0 Å². The summed E-state index contributed by atoms with van der Waals surface area (Å²) in [5, 5.41) is 3.55. The molecule has 4 rings (SSSR count). The summed E-state index contributed by atoms with van der Waals surface area (Å²) in [4.78, 5) is 51.9. The highest BCUT2D eigenvalue weighted by Gasteiger charge is 2.52. The number of hydrogen-bond acceptors (Lipinski definition) is 5. The highest BCUT2D eigenvalue weighted by Crippen LogP contribution is 2.33. The summed E-state index contributed by atoms with van der Waals surface area (Å²) in [5.41, 5.74) is 2.22. The molecule has 0 radical (unpaired) electrons. The zero-order valence-corrected chi connectivity index (χ0v) is 17.0. The van der Waals surface area contributed by atoms with Crippen molar-refractivity contribution in [1.29, 1.82) is 0 Å². The van der Waals surface area contributed by atoms with Crippen molar-refractivity contribution in [2.24, 2.45) is 5.92 Å². The average molecular weight is 414 g/mol. The molecule has 2 saturated heterocycles. The first-order valence-electron chi connectivity index (χ1n) is 10.4. The molecule has 1 spiro atoms. The monoisotopic (exact) mass is 414 g/mol. The predicted octanol–water partition coefficient (Wildman–Crippen LogP) is 1.72. The Morgan fingerprint density at radius 2 is 1.87 bits per heavy atom. The van der Waals surface area contributed by atoms with Crippen molar-refractivity contribution in [1.82, 2.24) is 15.8 Å². The van der Waals surface area contributed by atoms with Crippen LogP contribution in [0.2, 0.25) is 0 Å². The van der Waals surface area contributed by atoms with Gasteiger partial charge in [-0.05, 0) is 44.0 Å². The van der Waals surface area contributed by atoms with E-state index in [4.69, 9.17) is 4.74 Å². The number of anilines is 1. The summed E-state index contributed by atoms with van der Waals surface area (Å²) in [6.45, 7) is 2.63. The SMILES string of the molecule is CCOc1ccc(N2C[C@@H](C(=O)NN3C(=O)NC4(CCCCC4)C3=O)CC2=O)cc1. The molecule has 2 N–H and O–H groups in total. The first kappa shape index (κ1) is 20.2. The van der Waals surface area contributed by atoms with Gasteiger partial charge < -0.3 is 15.0 Å². The van der Waals surface area contributed by atoms with Gasteiger partial charge >= 0.3 is 6.03 Å². The maximum Gasteiger partial charge on any atom is 0.344 e. The Morgan fingerprint density at radius 3 is 2.53 bits per heavy atom. The van der Waals surface area contributed by atoms with Gasteiger partial charge in [-0.15, -0.1) is 0 Å². The van der Waals surface area contributed by atoms with Gasteiger partial charge in [-0.3, -0.25) is 19.8 Å². The lowest BCUT2D eigenvalue weighted by Crippen LogP contribution is -2.52. The molecule has 2 aliphatic heterocycles. The van der Waals surface area contributed by atoms with E-state index in [1.54, 1.807) is 24.3 Å². The molecule has 1 atom stereocenters. The topological polar surface area (TPSA) is 108 Å². The second kappa shape index (κ2) is 7.97. The zero-order chi connectivity index (χ0) is 21.3. The minimum absolute atomic E-state index is 0.0217. The van der Waals surface area contributed by atoms with Crippen molar-refractivity contribution in [2.75, 3.05) is 18.1 Å². The largest absolute Gasteiger partial charge is 0.494 e. The summed E-state index contributed by atoms with van der Waals surface area (Å²) in [6.07, 6.45) is 3.94. The van der Waals surface area contributed by atoms with E-state index >= 15 is 0 Å². The van der Waals surface area contributed by atoms with E-state index in [1.165, 1.54) is 4.90 Å². The zero-order valence-electron chi connectivity index (χ0n) is 17.0. The summed E-state index contributed by atoms with van der Waals surface area (Å²) in [7, 11) is 0. The Hall–Kier alpha value is -3.10. The van der Waals surface area contributed by atoms with Crippen LogP contribution >= 0.6 is 0 Å². The average Bonchev–Trinajstić information content (AvgIpc) is 3.23. The number of imide groups is 1. The van der Waals surface area contributed by atoms with Gasteiger partial charge in [0.05, 0.1) is 12.5 Å². The van der Waals surface area contributed by atoms with E-state index in [0.29, 0.717) is 30.9 Å². The molecule has 3 fully saturated rings. The second-order valence-electron chi connectivity index (χ2n) is 8.02. The fourth-order valence-electron chi connectivity index (χ4n) is 4.44. The molecule has 1 aromatic rings. The second-order valence-corrected chi connectivity index (χ2v) is 8.02. The molecule has 1 aromatic carbocycles. The molecule has 1 aliphatic carbocycles. The van der Waals surface area contributed by atoms with E-state index in [-0.39, 0.29) is 18.9 Å². The first-order valence-corrected chi connectivity index (χ1v) is 10.4. The minimum atomic E-state index is -0.900. The third kappa shape index (κ3) is 3.59. The van der Waals surface area contributed by atoms with E-state index in [2.05, 4.69) is 10.7 Å². The number of ether oxygens (including phenoxy) is 1. The third-order valence-electron chi connectivity index (χ3n) is 6.05. The molecular formula is C21H26N4O5. The number of nitrogens with zero attached hydrogens (tertiary/aromatic N) is 2. The lowest BCUT2D eigenvalue weighted by molar-refractivity contribution is -0.141. The van der Waals surface area contributed by atoms with Crippen LogP contribution < -0.4 is 20.4 Å². The number of carbonyl (C=O) groups excluding carboxylic acids is 4. The minimum Gasteiger partial charge on any atom is -0.494 e. The molecule has 2 heterocycles. The molecule has 0 unspecified atom stereocenters. The molecule has 9 nitrogen and oxygen atoms in total. The van der Waals surface area contributed by atoms with Crippen LogP contribution in [0.25, 0.3) is 0 Å². The van der Waals surface area contributed by atoms with Gasteiger partial charge in [-0.1, -0.05) is 19.3 Å². The standard InChI is InChI=1S/C21H26N4O5/c1-2-30-16-8-6-15(7-9-16)24-13-14(12-17(24)26)18(27)23-25-19(28)21(22-20(25)29)10-4-3-5-11-21/h6-9,14H,2-5,10-13H2,1H3,(H,22,29)(H,23,27)/t14-/m0/s1. The molecule has 160 valence electrons. The Morgan fingerprint density at radius 1 is 1.17 bits per heavy atom. The smallest absolute Gasteiger partial charge is 0.344 e. The van der Waals surface area contributed by atoms with E-state index < -0.39 is 29.3 Å². The highest BCUT2D eigenvalue weighted by molar-refractivity contribution is 6.08. The van der Waals surface area contributed by atoms with Crippen LogP contribution in [0.1, 0.15) is 45.4 Å². The molecule has 1 saturated carbocycles. The quantitative estimate of drug-likeness (QED) is 0.714. The van der Waals surface area contributed by atoms with E-state index in [0.717, 1.165) is 24.3 Å². The molecule has 0 aromatic heterocycles. The Balaban J connectivity index is 1.40. The number of urea groups is 1. The number of hydrazine groups is 1. The van der Waals surface area contributed by atoms with Crippen LogP contribution in [-0.4, -0.2) is 47.5 Å². The number of rotatable bonds is 5. The molecule has 5 amide bonds. The Bertz CT molecular complexity index is 863.